The zero-order valence-electron chi connectivity index (χ0n) is 6.84. The topological polar surface area (TPSA) is 25.8 Å². The highest BCUT2D eigenvalue weighted by molar-refractivity contribution is 6.31. The van der Waals surface area contributed by atoms with Crippen LogP contribution in [0, 0.1) is 0 Å². The molecule has 3 heteroatoms. The Labute approximate surface area is 76.6 Å². The molecular weight excluding hydrogens is 172 g/mol. The molecule has 2 nitrogen and oxygen atoms in total. The van der Waals surface area contributed by atoms with Crippen molar-refractivity contribution in [3.63, 3.8) is 0 Å². The second-order valence-electron chi connectivity index (χ2n) is 2.41. The summed E-state index contributed by atoms with van der Waals surface area (Å²) in [7, 11) is 0. The fraction of sp³-hybridized carbons (Fsp3) is 0.111. The smallest absolute Gasteiger partial charge is 0.140 e. The second kappa shape index (κ2) is 3.50. The SMILES string of the molecule is C=Cc1c(Cl)ncnc1C(=C)C. The van der Waals surface area contributed by atoms with E-state index in [-0.39, 0.29) is 0 Å². The molecule has 0 spiro atoms. The number of allylic oxidation sites excluding steroid dienone is 1. The van der Waals surface area contributed by atoms with Gasteiger partial charge in [0.1, 0.15) is 11.5 Å². The lowest BCUT2D eigenvalue weighted by Crippen LogP contribution is -1.93. The number of nitrogens with zero attached hydrogens (tertiary/aromatic N) is 2. The van der Waals surface area contributed by atoms with Gasteiger partial charge in [-0.15, -0.1) is 0 Å². The van der Waals surface area contributed by atoms with E-state index in [1.54, 1.807) is 6.08 Å². The van der Waals surface area contributed by atoms with E-state index in [1.165, 1.54) is 6.33 Å². The van der Waals surface area contributed by atoms with E-state index in [0.717, 1.165) is 16.8 Å². The molecule has 1 heterocycles. The van der Waals surface area contributed by atoms with E-state index in [9.17, 15) is 0 Å². The highest BCUT2D eigenvalue weighted by Crippen LogP contribution is 2.21. The van der Waals surface area contributed by atoms with Crippen LogP contribution in [0.5, 0.6) is 0 Å². The first-order valence-electron chi connectivity index (χ1n) is 3.45. The van der Waals surface area contributed by atoms with Crippen molar-refractivity contribution in [2.75, 3.05) is 0 Å². The minimum absolute atomic E-state index is 0.415. The zero-order chi connectivity index (χ0) is 9.14. The van der Waals surface area contributed by atoms with Gasteiger partial charge >= 0.3 is 0 Å². The lowest BCUT2D eigenvalue weighted by Gasteiger charge is -2.03. The maximum atomic E-state index is 5.81. The number of halogens is 1. The molecule has 0 saturated carbocycles. The predicted octanol–water partition coefficient (Wildman–Crippen LogP) is 2.81. The van der Waals surface area contributed by atoms with Gasteiger partial charge in [0.2, 0.25) is 0 Å². The third-order valence-electron chi connectivity index (χ3n) is 1.44. The Kier molecular flexibility index (Phi) is 2.61. The van der Waals surface area contributed by atoms with Gasteiger partial charge in [0.25, 0.3) is 0 Å². The third-order valence-corrected chi connectivity index (χ3v) is 1.74. The minimum Gasteiger partial charge on any atom is -0.236 e. The summed E-state index contributed by atoms with van der Waals surface area (Å²) in [5, 5.41) is 0.415. The molecule has 0 fully saturated rings. The Bertz CT molecular complexity index is 331. The second-order valence-corrected chi connectivity index (χ2v) is 2.77. The van der Waals surface area contributed by atoms with Crippen LogP contribution in [-0.2, 0) is 0 Å². The van der Waals surface area contributed by atoms with E-state index in [4.69, 9.17) is 11.6 Å². The van der Waals surface area contributed by atoms with Crippen molar-refractivity contribution < 1.29 is 0 Å². The number of hydrogen-bond acceptors (Lipinski definition) is 2. The molecule has 1 rings (SSSR count). The van der Waals surface area contributed by atoms with Crippen molar-refractivity contribution in [3.05, 3.63) is 35.9 Å². The molecule has 0 aliphatic rings. The Morgan fingerprint density at radius 3 is 2.67 bits per heavy atom. The number of hydrogen-bond donors (Lipinski definition) is 0. The van der Waals surface area contributed by atoms with Crippen LogP contribution in [0.3, 0.4) is 0 Å². The minimum atomic E-state index is 0.415. The van der Waals surface area contributed by atoms with Crippen molar-refractivity contribution in [1.82, 2.24) is 9.97 Å². The molecule has 0 N–H and O–H groups in total. The molecule has 0 aromatic carbocycles. The molecule has 62 valence electrons. The molecule has 0 atom stereocenters. The molecule has 0 unspecified atom stereocenters. The van der Waals surface area contributed by atoms with Crippen molar-refractivity contribution in [2.24, 2.45) is 0 Å². The molecule has 0 aliphatic carbocycles. The number of aromatic nitrogens is 2. The van der Waals surface area contributed by atoms with Crippen molar-refractivity contribution in [2.45, 2.75) is 6.92 Å². The molecule has 0 bridgehead atoms. The first-order chi connectivity index (χ1) is 5.66. The van der Waals surface area contributed by atoms with E-state index >= 15 is 0 Å². The van der Waals surface area contributed by atoms with E-state index < -0.39 is 0 Å². The molecule has 1 aromatic heterocycles. The molecule has 1 aromatic rings. The fourth-order valence-electron chi connectivity index (χ4n) is 0.895. The summed E-state index contributed by atoms with van der Waals surface area (Å²) in [5.74, 6) is 0. The van der Waals surface area contributed by atoms with Crippen LogP contribution in [-0.4, -0.2) is 9.97 Å². The predicted molar refractivity (Wildman–Crippen MR) is 51.8 cm³/mol. The summed E-state index contributed by atoms with van der Waals surface area (Å²) in [4.78, 5) is 7.88. The lowest BCUT2D eigenvalue weighted by molar-refractivity contribution is 1.13. The third kappa shape index (κ3) is 1.53. The summed E-state index contributed by atoms with van der Waals surface area (Å²) in [5.41, 5.74) is 2.35. The highest BCUT2D eigenvalue weighted by Gasteiger charge is 2.05. The monoisotopic (exact) mass is 180 g/mol. The lowest BCUT2D eigenvalue weighted by atomic mass is 10.1. The van der Waals surface area contributed by atoms with E-state index in [1.807, 2.05) is 6.92 Å². The first kappa shape index (κ1) is 8.94. The average Bonchev–Trinajstić information content (AvgIpc) is 2.03. The Morgan fingerprint density at radius 1 is 1.58 bits per heavy atom. The van der Waals surface area contributed by atoms with Gasteiger partial charge in [0, 0.05) is 5.56 Å². The Balaban J connectivity index is 3.37. The summed E-state index contributed by atoms with van der Waals surface area (Å²) in [6.07, 6.45) is 3.05. The van der Waals surface area contributed by atoms with E-state index in [0.29, 0.717) is 5.15 Å². The first-order valence-corrected chi connectivity index (χ1v) is 3.83. The Morgan fingerprint density at radius 2 is 2.25 bits per heavy atom. The standard InChI is InChI=1S/C9H9ClN2/c1-4-7-8(6(2)3)11-5-12-9(7)10/h4-5H,1-2H2,3H3. The van der Waals surface area contributed by atoms with Crippen LogP contribution in [0.2, 0.25) is 5.15 Å². The summed E-state index contributed by atoms with van der Waals surface area (Å²) in [6.45, 7) is 9.27. The van der Waals surface area contributed by atoms with Gasteiger partial charge in [-0.25, -0.2) is 9.97 Å². The largest absolute Gasteiger partial charge is 0.236 e. The van der Waals surface area contributed by atoms with Crippen LogP contribution in [0.1, 0.15) is 18.2 Å². The van der Waals surface area contributed by atoms with Gasteiger partial charge in [0.05, 0.1) is 5.69 Å². The molecule has 0 radical (unpaired) electrons. The molecule has 0 saturated heterocycles. The zero-order valence-corrected chi connectivity index (χ0v) is 7.60. The average molecular weight is 181 g/mol. The van der Waals surface area contributed by atoms with E-state index in [2.05, 4.69) is 23.1 Å². The van der Waals surface area contributed by atoms with Crippen molar-refractivity contribution >= 4 is 23.3 Å². The van der Waals surface area contributed by atoms with Crippen LogP contribution < -0.4 is 0 Å². The van der Waals surface area contributed by atoms with Crippen LogP contribution in [0.15, 0.2) is 19.5 Å². The van der Waals surface area contributed by atoms with Crippen LogP contribution in [0.4, 0.5) is 0 Å². The van der Waals surface area contributed by atoms with Gasteiger partial charge < -0.3 is 0 Å². The van der Waals surface area contributed by atoms with Gasteiger partial charge in [0.15, 0.2) is 0 Å². The molecule has 0 aliphatic heterocycles. The highest BCUT2D eigenvalue weighted by atomic mass is 35.5. The maximum Gasteiger partial charge on any atom is 0.140 e. The van der Waals surface area contributed by atoms with Gasteiger partial charge in [-0.2, -0.15) is 0 Å². The van der Waals surface area contributed by atoms with Gasteiger partial charge in [-0.1, -0.05) is 30.8 Å². The maximum absolute atomic E-state index is 5.81. The molecule has 12 heavy (non-hydrogen) atoms. The van der Waals surface area contributed by atoms with Gasteiger partial charge in [-0.05, 0) is 12.5 Å². The molecule has 0 amide bonds. The summed E-state index contributed by atoms with van der Waals surface area (Å²) < 4.78 is 0. The molecular formula is C9H9ClN2. The van der Waals surface area contributed by atoms with Gasteiger partial charge in [-0.3, -0.25) is 0 Å². The quantitative estimate of drug-likeness (QED) is 0.655. The summed E-state index contributed by atoms with van der Waals surface area (Å²) >= 11 is 5.81. The number of rotatable bonds is 2. The fourth-order valence-corrected chi connectivity index (χ4v) is 1.11. The summed E-state index contributed by atoms with van der Waals surface area (Å²) in [6, 6.07) is 0. The van der Waals surface area contributed by atoms with Crippen LogP contribution in [0.25, 0.3) is 11.6 Å². The normalized spacial score (nSPS) is 9.50. The van der Waals surface area contributed by atoms with Crippen LogP contribution >= 0.6 is 11.6 Å². The Hall–Kier alpha value is -1.15. The van der Waals surface area contributed by atoms with Crippen molar-refractivity contribution in [1.29, 1.82) is 0 Å². The van der Waals surface area contributed by atoms with Crippen molar-refractivity contribution in [3.8, 4) is 0 Å².